The second-order valence-electron chi connectivity index (χ2n) is 4.38. The number of hydrogen-bond acceptors (Lipinski definition) is 5. The van der Waals surface area contributed by atoms with Gasteiger partial charge in [0.15, 0.2) is 9.84 Å². The molecule has 0 spiro atoms. The first-order valence-corrected chi connectivity index (χ1v) is 8.07. The standard InChI is InChI=1S/C15H17NO4S/c1-4-21(17,18)15-8-11(5-6-14(15)20-3)12-7-13(19-2)10-16-9-12/h5-10H,4H2,1-3H3. The first-order chi connectivity index (χ1) is 10.0. The molecule has 1 aromatic heterocycles. The van der Waals surface area contributed by atoms with Gasteiger partial charge in [0.1, 0.15) is 16.4 Å². The Bertz CT molecular complexity index is 741. The smallest absolute Gasteiger partial charge is 0.181 e. The Kier molecular flexibility index (Phi) is 4.47. The molecule has 1 heterocycles. The van der Waals surface area contributed by atoms with Crippen molar-refractivity contribution >= 4 is 9.84 Å². The number of benzene rings is 1. The maximum absolute atomic E-state index is 12.2. The number of ether oxygens (including phenoxy) is 2. The Morgan fingerprint density at radius 3 is 2.43 bits per heavy atom. The van der Waals surface area contributed by atoms with Gasteiger partial charge >= 0.3 is 0 Å². The summed E-state index contributed by atoms with van der Waals surface area (Å²) in [6, 6.07) is 6.85. The van der Waals surface area contributed by atoms with Gasteiger partial charge in [-0.3, -0.25) is 4.98 Å². The third-order valence-electron chi connectivity index (χ3n) is 3.16. The lowest BCUT2D eigenvalue weighted by Gasteiger charge is -2.11. The maximum atomic E-state index is 12.2. The summed E-state index contributed by atoms with van der Waals surface area (Å²) in [4.78, 5) is 4.27. The van der Waals surface area contributed by atoms with Crippen LogP contribution in [0, 0.1) is 0 Å². The second kappa shape index (κ2) is 6.13. The van der Waals surface area contributed by atoms with Crippen LogP contribution in [0.15, 0.2) is 41.6 Å². The van der Waals surface area contributed by atoms with E-state index in [1.807, 2.05) is 0 Å². The molecule has 112 valence electrons. The van der Waals surface area contributed by atoms with Crippen molar-refractivity contribution in [1.29, 1.82) is 0 Å². The van der Waals surface area contributed by atoms with Crippen LogP contribution in [-0.4, -0.2) is 33.4 Å². The molecule has 0 aliphatic heterocycles. The number of methoxy groups -OCH3 is 2. The van der Waals surface area contributed by atoms with Gasteiger partial charge in [-0.1, -0.05) is 13.0 Å². The van der Waals surface area contributed by atoms with Crippen LogP contribution in [0.1, 0.15) is 6.92 Å². The molecule has 0 amide bonds. The minimum Gasteiger partial charge on any atom is -0.495 e. The fraction of sp³-hybridized carbons (Fsp3) is 0.267. The van der Waals surface area contributed by atoms with Crippen molar-refractivity contribution < 1.29 is 17.9 Å². The van der Waals surface area contributed by atoms with Crippen molar-refractivity contribution in [1.82, 2.24) is 4.98 Å². The molecular formula is C15H17NO4S. The minimum atomic E-state index is -3.36. The zero-order chi connectivity index (χ0) is 15.5. The Morgan fingerprint density at radius 1 is 1.05 bits per heavy atom. The van der Waals surface area contributed by atoms with E-state index in [9.17, 15) is 8.42 Å². The molecule has 0 atom stereocenters. The highest BCUT2D eigenvalue weighted by Gasteiger charge is 2.18. The van der Waals surface area contributed by atoms with Crippen LogP contribution in [0.3, 0.4) is 0 Å². The van der Waals surface area contributed by atoms with Crippen molar-refractivity contribution in [2.45, 2.75) is 11.8 Å². The average Bonchev–Trinajstić information content (AvgIpc) is 2.54. The lowest BCUT2D eigenvalue weighted by atomic mass is 10.1. The predicted octanol–water partition coefficient (Wildman–Crippen LogP) is 2.56. The first-order valence-electron chi connectivity index (χ1n) is 6.42. The highest BCUT2D eigenvalue weighted by Crippen LogP contribution is 2.31. The number of nitrogens with zero attached hydrogens (tertiary/aromatic N) is 1. The third kappa shape index (κ3) is 3.16. The summed E-state index contributed by atoms with van der Waals surface area (Å²) in [6.07, 6.45) is 3.25. The summed E-state index contributed by atoms with van der Waals surface area (Å²) in [5.74, 6) is 0.975. The molecule has 6 heteroatoms. The Labute approximate surface area is 124 Å². The number of sulfone groups is 1. The molecule has 0 saturated heterocycles. The van der Waals surface area contributed by atoms with Gasteiger partial charge in [0.05, 0.1) is 26.2 Å². The number of pyridine rings is 1. The van der Waals surface area contributed by atoms with Gasteiger partial charge < -0.3 is 9.47 Å². The fourth-order valence-electron chi connectivity index (χ4n) is 1.94. The first kappa shape index (κ1) is 15.3. The monoisotopic (exact) mass is 307 g/mol. The Balaban J connectivity index is 2.59. The molecular weight excluding hydrogens is 290 g/mol. The molecule has 0 bridgehead atoms. The largest absolute Gasteiger partial charge is 0.495 e. The minimum absolute atomic E-state index is 0.0170. The summed E-state index contributed by atoms with van der Waals surface area (Å²) in [5.41, 5.74) is 1.53. The molecule has 2 aromatic rings. The van der Waals surface area contributed by atoms with Gasteiger partial charge in [0.25, 0.3) is 0 Å². The molecule has 21 heavy (non-hydrogen) atoms. The highest BCUT2D eigenvalue weighted by atomic mass is 32.2. The van der Waals surface area contributed by atoms with Crippen LogP contribution in [-0.2, 0) is 9.84 Å². The lowest BCUT2D eigenvalue weighted by molar-refractivity contribution is 0.403. The molecule has 1 aromatic carbocycles. The van der Waals surface area contributed by atoms with Gasteiger partial charge in [-0.15, -0.1) is 0 Å². The maximum Gasteiger partial charge on any atom is 0.181 e. The second-order valence-corrected chi connectivity index (χ2v) is 6.63. The summed E-state index contributed by atoms with van der Waals surface area (Å²) in [6.45, 7) is 1.61. The van der Waals surface area contributed by atoms with Crippen LogP contribution in [0.5, 0.6) is 11.5 Å². The van der Waals surface area contributed by atoms with E-state index in [0.29, 0.717) is 11.5 Å². The van der Waals surface area contributed by atoms with Crippen LogP contribution in [0.4, 0.5) is 0 Å². The van der Waals surface area contributed by atoms with E-state index in [1.165, 1.54) is 7.11 Å². The van der Waals surface area contributed by atoms with Crippen molar-refractivity contribution in [3.05, 3.63) is 36.7 Å². The molecule has 0 N–H and O–H groups in total. The Hall–Kier alpha value is -2.08. The van der Waals surface area contributed by atoms with Gasteiger partial charge in [-0.05, 0) is 23.8 Å². The summed E-state index contributed by atoms with van der Waals surface area (Å²) < 4.78 is 34.6. The quantitative estimate of drug-likeness (QED) is 0.849. The van der Waals surface area contributed by atoms with Crippen LogP contribution in [0.2, 0.25) is 0 Å². The van der Waals surface area contributed by atoms with Crippen LogP contribution < -0.4 is 9.47 Å². The zero-order valence-electron chi connectivity index (χ0n) is 12.2. The number of rotatable bonds is 5. The molecule has 0 aliphatic rings. The van der Waals surface area contributed by atoms with E-state index < -0.39 is 9.84 Å². The molecule has 0 radical (unpaired) electrons. The third-order valence-corrected chi connectivity index (χ3v) is 4.91. The number of aromatic nitrogens is 1. The topological polar surface area (TPSA) is 65.5 Å². The van der Waals surface area contributed by atoms with Crippen molar-refractivity contribution in [2.24, 2.45) is 0 Å². The van der Waals surface area contributed by atoms with Gasteiger partial charge in [0.2, 0.25) is 0 Å². The molecule has 0 aliphatic carbocycles. The van der Waals surface area contributed by atoms with E-state index >= 15 is 0 Å². The van der Waals surface area contributed by atoms with E-state index in [1.54, 1.807) is 50.7 Å². The van der Waals surface area contributed by atoms with E-state index in [4.69, 9.17) is 9.47 Å². The lowest BCUT2D eigenvalue weighted by Crippen LogP contribution is -2.06. The predicted molar refractivity (Wildman–Crippen MR) is 80.5 cm³/mol. The molecule has 0 unspecified atom stereocenters. The van der Waals surface area contributed by atoms with E-state index in [2.05, 4.69) is 4.98 Å². The molecule has 2 rings (SSSR count). The SMILES string of the molecule is CCS(=O)(=O)c1cc(-c2cncc(OC)c2)ccc1OC. The summed E-state index contributed by atoms with van der Waals surface area (Å²) in [7, 11) is -0.351. The molecule has 0 saturated carbocycles. The Morgan fingerprint density at radius 2 is 1.81 bits per heavy atom. The average molecular weight is 307 g/mol. The van der Waals surface area contributed by atoms with Crippen LogP contribution in [0.25, 0.3) is 11.1 Å². The van der Waals surface area contributed by atoms with Crippen molar-refractivity contribution in [2.75, 3.05) is 20.0 Å². The summed E-state index contributed by atoms with van der Waals surface area (Å²) in [5, 5.41) is 0. The van der Waals surface area contributed by atoms with Crippen LogP contribution >= 0.6 is 0 Å². The highest BCUT2D eigenvalue weighted by molar-refractivity contribution is 7.91. The van der Waals surface area contributed by atoms with Crippen molar-refractivity contribution in [3.8, 4) is 22.6 Å². The molecule has 0 fully saturated rings. The molecule has 5 nitrogen and oxygen atoms in total. The normalized spacial score (nSPS) is 11.2. The zero-order valence-corrected chi connectivity index (χ0v) is 13.0. The van der Waals surface area contributed by atoms with Gasteiger partial charge in [-0.2, -0.15) is 0 Å². The number of hydrogen-bond donors (Lipinski definition) is 0. The van der Waals surface area contributed by atoms with Gasteiger partial charge in [-0.25, -0.2) is 8.42 Å². The van der Waals surface area contributed by atoms with E-state index in [0.717, 1.165) is 11.1 Å². The van der Waals surface area contributed by atoms with Gasteiger partial charge in [0, 0.05) is 11.8 Å². The van der Waals surface area contributed by atoms with E-state index in [-0.39, 0.29) is 10.6 Å². The van der Waals surface area contributed by atoms with Crippen molar-refractivity contribution in [3.63, 3.8) is 0 Å². The fourth-order valence-corrected chi connectivity index (χ4v) is 3.02. The summed E-state index contributed by atoms with van der Waals surface area (Å²) >= 11 is 0.